The first-order valence-electron chi connectivity index (χ1n) is 9.54. The summed E-state index contributed by atoms with van der Waals surface area (Å²) in [6, 6.07) is 7.49. The lowest BCUT2D eigenvalue weighted by Gasteiger charge is -2.32. The molecule has 26 heavy (non-hydrogen) atoms. The normalized spacial score (nSPS) is 19.1. The number of carbonyl (C=O) groups is 2. The van der Waals surface area contributed by atoms with Gasteiger partial charge in [0.1, 0.15) is 11.4 Å². The number of hydrogen-bond acceptors (Lipinski definition) is 4. The van der Waals surface area contributed by atoms with E-state index in [1.54, 1.807) is 0 Å². The lowest BCUT2D eigenvalue weighted by molar-refractivity contribution is -0.137. The topological polar surface area (TPSA) is 49.9 Å². The fourth-order valence-corrected chi connectivity index (χ4v) is 3.61. The summed E-state index contributed by atoms with van der Waals surface area (Å²) in [6.07, 6.45) is 2.19. The van der Waals surface area contributed by atoms with Crippen LogP contribution in [0.3, 0.4) is 0 Å². The van der Waals surface area contributed by atoms with E-state index in [0.717, 1.165) is 37.2 Å². The average molecular weight is 356 g/mol. The third-order valence-corrected chi connectivity index (χ3v) is 5.07. The second-order valence-electron chi connectivity index (χ2n) is 7.44. The number of likely N-dealkylation sites (tertiary alicyclic amines) is 1. The third-order valence-electron chi connectivity index (χ3n) is 5.07. The lowest BCUT2D eigenvalue weighted by atomic mass is 9.97. The maximum Gasteiger partial charge on any atom is 0.277 e. The van der Waals surface area contributed by atoms with Gasteiger partial charge in [-0.15, -0.1) is 0 Å². The number of rotatable bonds is 5. The molecule has 0 unspecified atom stereocenters. The molecule has 1 saturated heterocycles. The number of piperidine rings is 1. The van der Waals surface area contributed by atoms with E-state index in [1.807, 2.05) is 45.0 Å². The van der Waals surface area contributed by atoms with Gasteiger partial charge in [0.15, 0.2) is 0 Å². The maximum absolute atomic E-state index is 12.9. The Morgan fingerprint density at radius 1 is 1.08 bits per heavy atom. The summed E-state index contributed by atoms with van der Waals surface area (Å²) in [5.41, 5.74) is 1.88. The van der Waals surface area contributed by atoms with Gasteiger partial charge < -0.3 is 9.64 Å². The number of benzene rings is 1. The molecule has 1 fully saturated rings. The highest BCUT2D eigenvalue weighted by molar-refractivity contribution is 6.35. The van der Waals surface area contributed by atoms with E-state index < -0.39 is 0 Å². The summed E-state index contributed by atoms with van der Waals surface area (Å²) in [6.45, 7) is 10.1. The van der Waals surface area contributed by atoms with E-state index in [9.17, 15) is 9.59 Å². The summed E-state index contributed by atoms with van der Waals surface area (Å²) in [7, 11) is 0. The molecule has 0 atom stereocenters. The quantitative estimate of drug-likeness (QED) is 0.760. The average Bonchev–Trinajstić information content (AvgIpc) is 2.86. The van der Waals surface area contributed by atoms with E-state index >= 15 is 0 Å². The molecule has 2 amide bonds. The first-order valence-corrected chi connectivity index (χ1v) is 9.54. The van der Waals surface area contributed by atoms with Crippen molar-refractivity contribution in [3.8, 4) is 5.75 Å². The molecule has 2 aliphatic heterocycles. The van der Waals surface area contributed by atoms with Crippen LogP contribution >= 0.6 is 0 Å². The molecule has 0 spiro atoms. The third kappa shape index (κ3) is 3.48. The Balaban J connectivity index is 1.98. The SMILES string of the molecule is CCN1C(=O)C(c2ccc(OC(C)C)cc2)=C(N2CCC(C)CC2)C1=O. The van der Waals surface area contributed by atoms with Crippen molar-refractivity contribution in [2.45, 2.75) is 46.6 Å². The Morgan fingerprint density at radius 2 is 1.69 bits per heavy atom. The van der Waals surface area contributed by atoms with Gasteiger partial charge in [-0.3, -0.25) is 14.5 Å². The van der Waals surface area contributed by atoms with E-state index in [-0.39, 0.29) is 17.9 Å². The Hall–Kier alpha value is -2.30. The minimum Gasteiger partial charge on any atom is -0.491 e. The molecule has 0 saturated carbocycles. The highest BCUT2D eigenvalue weighted by Gasteiger charge is 2.41. The molecule has 1 aromatic carbocycles. The monoisotopic (exact) mass is 356 g/mol. The zero-order valence-electron chi connectivity index (χ0n) is 16.1. The second-order valence-corrected chi connectivity index (χ2v) is 7.44. The van der Waals surface area contributed by atoms with Crippen LogP contribution < -0.4 is 4.74 Å². The van der Waals surface area contributed by atoms with Gasteiger partial charge >= 0.3 is 0 Å². The summed E-state index contributed by atoms with van der Waals surface area (Å²) in [5, 5.41) is 0. The van der Waals surface area contributed by atoms with Crippen LogP contribution in [0.5, 0.6) is 5.75 Å². The molecule has 140 valence electrons. The summed E-state index contributed by atoms with van der Waals surface area (Å²) in [4.78, 5) is 29.3. The van der Waals surface area contributed by atoms with Crippen molar-refractivity contribution < 1.29 is 14.3 Å². The van der Waals surface area contributed by atoms with Crippen molar-refractivity contribution in [2.75, 3.05) is 19.6 Å². The van der Waals surface area contributed by atoms with Gasteiger partial charge in [0, 0.05) is 19.6 Å². The van der Waals surface area contributed by atoms with Crippen LogP contribution in [0.15, 0.2) is 30.0 Å². The lowest BCUT2D eigenvalue weighted by Crippen LogP contribution is -2.38. The Kier molecular flexibility index (Phi) is 5.35. The van der Waals surface area contributed by atoms with Gasteiger partial charge in [-0.2, -0.15) is 0 Å². The van der Waals surface area contributed by atoms with Crippen LogP contribution in [0.25, 0.3) is 5.57 Å². The molecule has 0 bridgehead atoms. The predicted molar refractivity (Wildman–Crippen MR) is 101 cm³/mol. The molecule has 0 N–H and O–H groups in total. The smallest absolute Gasteiger partial charge is 0.277 e. The molecular formula is C21H28N2O3. The number of imide groups is 1. The first-order chi connectivity index (χ1) is 12.4. The highest BCUT2D eigenvalue weighted by Crippen LogP contribution is 2.34. The standard InChI is InChI=1S/C21H28N2O3/c1-5-23-20(24)18(16-6-8-17(9-7-16)26-14(2)3)19(21(23)25)22-12-10-15(4)11-13-22/h6-9,14-15H,5,10-13H2,1-4H3. The minimum atomic E-state index is -0.191. The molecular weight excluding hydrogens is 328 g/mol. The van der Waals surface area contributed by atoms with Crippen LogP contribution in [-0.4, -0.2) is 47.4 Å². The Morgan fingerprint density at radius 3 is 2.23 bits per heavy atom. The van der Waals surface area contributed by atoms with Crippen molar-refractivity contribution in [1.82, 2.24) is 9.80 Å². The molecule has 1 aromatic rings. The molecule has 0 aliphatic carbocycles. The first kappa shape index (κ1) is 18.5. The molecule has 0 aromatic heterocycles. The van der Waals surface area contributed by atoms with Gasteiger partial charge in [0.2, 0.25) is 0 Å². The fourth-order valence-electron chi connectivity index (χ4n) is 3.61. The predicted octanol–water partition coefficient (Wildman–Crippen LogP) is 3.31. The second kappa shape index (κ2) is 7.52. The molecule has 5 heteroatoms. The van der Waals surface area contributed by atoms with Crippen LogP contribution in [0, 0.1) is 5.92 Å². The van der Waals surface area contributed by atoms with E-state index in [0.29, 0.717) is 23.7 Å². The van der Waals surface area contributed by atoms with Gasteiger partial charge in [-0.1, -0.05) is 19.1 Å². The van der Waals surface area contributed by atoms with Gasteiger partial charge in [0.05, 0.1) is 11.7 Å². The van der Waals surface area contributed by atoms with Crippen LogP contribution in [-0.2, 0) is 9.59 Å². The maximum atomic E-state index is 12.9. The number of hydrogen-bond donors (Lipinski definition) is 0. The summed E-state index contributed by atoms with van der Waals surface area (Å²) >= 11 is 0. The van der Waals surface area contributed by atoms with Crippen molar-refractivity contribution in [3.05, 3.63) is 35.5 Å². The number of carbonyl (C=O) groups excluding carboxylic acids is 2. The van der Waals surface area contributed by atoms with Crippen LogP contribution in [0.1, 0.15) is 46.1 Å². The molecule has 5 nitrogen and oxygen atoms in total. The van der Waals surface area contributed by atoms with Gasteiger partial charge in [-0.25, -0.2) is 0 Å². The molecule has 2 heterocycles. The van der Waals surface area contributed by atoms with Gasteiger partial charge in [-0.05, 0) is 57.2 Å². The Labute approximate surface area is 155 Å². The molecule has 3 rings (SSSR count). The summed E-state index contributed by atoms with van der Waals surface area (Å²) < 4.78 is 5.69. The van der Waals surface area contributed by atoms with Crippen molar-refractivity contribution in [1.29, 1.82) is 0 Å². The molecule has 0 radical (unpaired) electrons. The number of nitrogens with zero attached hydrogens (tertiary/aromatic N) is 2. The van der Waals surface area contributed by atoms with Crippen molar-refractivity contribution in [3.63, 3.8) is 0 Å². The highest BCUT2D eigenvalue weighted by atomic mass is 16.5. The van der Waals surface area contributed by atoms with Crippen molar-refractivity contribution >= 4 is 17.4 Å². The Bertz CT molecular complexity index is 713. The molecule has 2 aliphatic rings. The zero-order chi connectivity index (χ0) is 18.8. The van der Waals surface area contributed by atoms with E-state index in [2.05, 4.69) is 11.8 Å². The van der Waals surface area contributed by atoms with E-state index in [4.69, 9.17) is 4.74 Å². The van der Waals surface area contributed by atoms with Crippen LogP contribution in [0.2, 0.25) is 0 Å². The van der Waals surface area contributed by atoms with Crippen molar-refractivity contribution in [2.24, 2.45) is 5.92 Å². The number of likely N-dealkylation sites (N-methyl/N-ethyl adjacent to an activating group) is 1. The number of amides is 2. The minimum absolute atomic E-state index is 0.0937. The van der Waals surface area contributed by atoms with Crippen LogP contribution in [0.4, 0.5) is 0 Å². The summed E-state index contributed by atoms with van der Waals surface area (Å²) in [5.74, 6) is 1.08. The fraction of sp³-hybridized carbons (Fsp3) is 0.524. The van der Waals surface area contributed by atoms with E-state index in [1.165, 1.54) is 4.90 Å². The zero-order valence-corrected chi connectivity index (χ0v) is 16.1. The largest absolute Gasteiger partial charge is 0.491 e. The van der Waals surface area contributed by atoms with Gasteiger partial charge in [0.25, 0.3) is 11.8 Å². The number of ether oxygens (including phenoxy) is 1.